The van der Waals surface area contributed by atoms with Gasteiger partial charge in [0.25, 0.3) is 5.91 Å². The van der Waals surface area contributed by atoms with Crippen LogP contribution in [0.2, 0.25) is 0 Å². The lowest BCUT2D eigenvalue weighted by molar-refractivity contribution is 0.0691. The molecule has 21 heavy (non-hydrogen) atoms. The van der Waals surface area contributed by atoms with Crippen molar-refractivity contribution in [3.63, 3.8) is 0 Å². The highest BCUT2D eigenvalue weighted by Crippen LogP contribution is 2.21. The van der Waals surface area contributed by atoms with E-state index in [1.165, 1.54) is 12.1 Å². The highest BCUT2D eigenvalue weighted by atomic mass is 79.9. The third kappa shape index (κ3) is 3.38. The first kappa shape index (κ1) is 15.0. The zero-order valence-corrected chi connectivity index (χ0v) is 12.1. The zero-order chi connectivity index (χ0) is 15.6. The van der Waals surface area contributed by atoms with Gasteiger partial charge in [-0.05, 0) is 36.4 Å². The second-order valence-corrected chi connectivity index (χ2v) is 5.10. The van der Waals surface area contributed by atoms with Crippen molar-refractivity contribution < 1.29 is 19.1 Å². The zero-order valence-electron chi connectivity index (χ0n) is 10.6. The van der Waals surface area contributed by atoms with Crippen molar-refractivity contribution in [3.8, 4) is 0 Å². The van der Waals surface area contributed by atoms with Gasteiger partial charge in [-0.2, -0.15) is 0 Å². The van der Waals surface area contributed by atoms with Crippen LogP contribution in [-0.4, -0.2) is 17.0 Å². The van der Waals surface area contributed by atoms with Crippen LogP contribution in [0.15, 0.2) is 40.9 Å². The molecule has 0 aliphatic carbocycles. The Hall–Kier alpha value is -2.41. The second-order valence-electron chi connectivity index (χ2n) is 4.19. The first-order valence-electron chi connectivity index (χ1n) is 5.77. The molecule has 0 spiro atoms. The van der Waals surface area contributed by atoms with Crippen LogP contribution in [0, 0.1) is 5.82 Å². The fraction of sp³-hybridized carbons (Fsp3) is 0. The molecule has 0 fully saturated rings. The lowest BCUT2D eigenvalue weighted by Gasteiger charge is -2.09. The molecule has 0 atom stereocenters. The van der Waals surface area contributed by atoms with E-state index in [9.17, 15) is 14.0 Å². The van der Waals surface area contributed by atoms with Gasteiger partial charge >= 0.3 is 5.97 Å². The number of halogens is 2. The van der Waals surface area contributed by atoms with Gasteiger partial charge in [0.1, 0.15) is 5.82 Å². The molecule has 0 saturated heterocycles. The topological polar surface area (TPSA) is 92.4 Å². The van der Waals surface area contributed by atoms with Crippen LogP contribution in [0.25, 0.3) is 0 Å². The Labute approximate surface area is 127 Å². The summed E-state index contributed by atoms with van der Waals surface area (Å²) in [6.45, 7) is 0. The lowest BCUT2D eigenvalue weighted by Crippen LogP contribution is -2.14. The maximum atomic E-state index is 13.3. The summed E-state index contributed by atoms with van der Waals surface area (Å²) in [5.41, 5.74) is 5.86. The van der Waals surface area contributed by atoms with Crippen molar-refractivity contribution in [2.45, 2.75) is 0 Å². The molecule has 4 N–H and O–H groups in total. The van der Waals surface area contributed by atoms with Crippen LogP contribution in [0.5, 0.6) is 0 Å². The number of nitrogens with one attached hydrogen (secondary N) is 1. The van der Waals surface area contributed by atoms with E-state index < -0.39 is 23.3 Å². The van der Waals surface area contributed by atoms with E-state index in [-0.39, 0.29) is 16.9 Å². The number of carboxylic acids is 1. The van der Waals surface area contributed by atoms with Gasteiger partial charge in [-0.15, -0.1) is 0 Å². The van der Waals surface area contributed by atoms with E-state index in [4.69, 9.17) is 10.8 Å². The van der Waals surface area contributed by atoms with Crippen LogP contribution in [0.4, 0.5) is 15.8 Å². The number of amides is 1. The summed E-state index contributed by atoms with van der Waals surface area (Å²) in [5.74, 6) is -2.80. The number of benzene rings is 2. The van der Waals surface area contributed by atoms with Gasteiger partial charge < -0.3 is 16.2 Å². The lowest BCUT2D eigenvalue weighted by atomic mass is 10.1. The van der Waals surface area contributed by atoms with E-state index >= 15 is 0 Å². The molecule has 0 aromatic heterocycles. The Bertz CT molecular complexity index is 734. The predicted octanol–water partition coefficient (Wildman–Crippen LogP) is 3.12. The first-order chi connectivity index (χ1) is 9.88. The number of nitrogen functional groups attached to an aromatic ring is 1. The molecule has 0 aliphatic rings. The molecule has 0 aliphatic heterocycles. The molecule has 5 nitrogen and oxygen atoms in total. The van der Waals surface area contributed by atoms with Crippen LogP contribution in [0.3, 0.4) is 0 Å². The van der Waals surface area contributed by atoms with Crippen molar-refractivity contribution in [2.24, 2.45) is 0 Å². The molecule has 1 amide bonds. The summed E-state index contributed by atoms with van der Waals surface area (Å²) < 4.78 is 14.0. The Morgan fingerprint density at radius 1 is 1.14 bits per heavy atom. The van der Waals surface area contributed by atoms with Crippen LogP contribution in [0.1, 0.15) is 20.7 Å². The average molecular weight is 353 g/mol. The normalized spacial score (nSPS) is 10.2. The third-order valence-corrected chi connectivity index (χ3v) is 3.21. The van der Waals surface area contributed by atoms with Gasteiger partial charge in [0.15, 0.2) is 0 Å². The van der Waals surface area contributed by atoms with Crippen molar-refractivity contribution in [1.82, 2.24) is 0 Å². The molecule has 0 radical (unpaired) electrons. The number of nitrogens with two attached hydrogens (primary N) is 1. The van der Waals surface area contributed by atoms with Crippen LogP contribution < -0.4 is 11.1 Å². The number of rotatable bonds is 3. The molecule has 108 valence electrons. The summed E-state index contributed by atoms with van der Waals surface area (Å²) in [5, 5.41) is 11.3. The number of aromatic carboxylic acids is 1. The Morgan fingerprint density at radius 3 is 2.52 bits per heavy atom. The fourth-order valence-corrected chi connectivity index (χ4v) is 2.05. The van der Waals surface area contributed by atoms with E-state index in [1.54, 1.807) is 12.1 Å². The quantitative estimate of drug-likeness (QED) is 0.740. The smallest absolute Gasteiger partial charge is 0.338 e. The molecule has 0 unspecified atom stereocenters. The summed E-state index contributed by atoms with van der Waals surface area (Å²) in [7, 11) is 0. The Balaban J connectivity index is 2.29. The van der Waals surface area contributed by atoms with Crippen LogP contribution in [-0.2, 0) is 0 Å². The van der Waals surface area contributed by atoms with E-state index in [2.05, 4.69) is 21.2 Å². The molecular formula is C14H10BrFN2O3. The van der Waals surface area contributed by atoms with Gasteiger partial charge in [0, 0.05) is 15.8 Å². The highest BCUT2D eigenvalue weighted by molar-refractivity contribution is 9.10. The minimum atomic E-state index is -1.41. The summed E-state index contributed by atoms with van der Waals surface area (Å²) in [6.07, 6.45) is 0. The van der Waals surface area contributed by atoms with Gasteiger partial charge in [-0.25, -0.2) is 9.18 Å². The van der Waals surface area contributed by atoms with Crippen LogP contribution >= 0.6 is 15.9 Å². The molecule has 2 rings (SSSR count). The van der Waals surface area contributed by atoms with Crippen molar-refractivity contribution >= 4 is 39.2 Å². The van der Waals surface area contributed by atoms with Gasteiger partial charge in [0.2, 0.25) is 0 Å². The van der Waals surface area contributed by atoms with Gasteiger partial charge in [-0.3, -0.25) is 4.79 Å². The summed E-state index contributed by atoms with van der Waals surface area (Å²) in [4.78, 5) is 22.9. The summed E-state index contributed by atoms with van der Waals surface area (Å²) in [6, 6.07) is 8.08. The van der Waals surface area contributed by atoms with Crippen molar-refractivity contribution in [2.75, 3.05) is 11.1 Å². The predicted molar refractivity (Wildman–Crippen MR) is 79.9 cm³/mol. The average Bonchev–Trinajstić information content (AvgIpc) is 2.43. The van der Waals surface area contributed by atoms with E-state index in [1.807, 2.05) is 0 Å². The SMILES string of the molecule is Nc1ccc(Br)cc1C(=O)Nc1ccc(F)c(C(=O)O)c1. The largest absolute Gasteiger partial charge is 0.478 e. The number of hydrogen-bond donors (Lipinski definition) is 3. The first-order valence-corrected chi connectivity index (χ1v) is 6.57. The van der Waals surface area contributed by atoms with Crippen molar-refractivity contribution in [1.29, 1.82) is 0 Å². The van der Waals surface area contributed by atoms with E-state index in [0.29, 0.717) is 4.47 Å². The van der Waals surface area contributed by atoms with Gasteiger partial charge in [-0.1, -0.05) is 15.9 Å². The molecule has 0 saturated carbocycles. The molecule has 7 heteroatoms. The number of anilines is 2. The maximum Gasteiger partial charge on any atom is 0.338 e. The maximum absolute atomic E-state index is 13.3. The second kappa shape index (κ2) is 5.92. The van der Waals surface area contributed by atoms with Gasteiger partial charge in [0.05, 0.1) is 11.1 Å². The minimum absolute atomic E-state index is 0.165. The molecule has 0 heterocycles. The highest BCUT2D eigenvalue weighted by Gasteiger charge is 2.14. The fourth-order valence-electron chi connectivity index (χ4n) is 1.69. The standard InChI is InChI=1S/C14H10BrFN2O3/c15-7-1-4-12(17)10(5-7)13(19)18-8-2-3-11(16)9(6-8)14(20)21/h1-6H,17H2,(H,18,19)(H,20,21). The van der Waals surface area contributed by atoms with E-state index in [0.717, 1.165) is 12.1 Å². The molecule has 0 bridgehead atoms. The number of carbonyl (C=O) groups is 2. The minimum Gasteiger partial charge on any atom is -0.478 e. The molecule has 2 aromatic rings. The molecule has 2 aromatic carbocycles. The number of carboxylic acid groups (broad SMARTS) is 1. The Morgan fingerprint density at radius 2 is 1.86 bits per heavy atom. The Kier molecular flexibility index (Phi) is 4.23. The number of carbonyl (C=O) groups excluding carboxylic acids is 1. The third-order valence-electron chi connectivity index (χ3n) is 2.71. The summed E-state index contributed by atoms with van der Waals surface area (Å²) >= 11 is 3.23. The van der Waals surface area contributed by atoms with Crippen molar-refractivity contribution in [3.05, 3.63) is 57.8 Å². The molecular weight excluding hydrogens is 343 g/mol. The number of hydrogen-bond acceptors (Lipinski definition) is 3. The monoisotopic (exact) mass is 352 g/mol.